The molecule has 752 valence electrons. The van der Waals surface area contributed by atoms with E-state index in [4.69, 9.17) is 61.6 Å². The summed E-state index contributed by atoms with van der Waals surface area (Å²) in [5.41, 5.74) is 0. The lowest BCUT2D eigenvalue weighted by atomic mass is 9.86. The van der Waals surface area contributed by atoms with Crippen LogP contribution >= 0.6 is 0 Å². The molecule has 0 aromatic carbocycles. The van der Waals surface area contributed by atoms with Crippen LogP contribution in [0.25, 0.3) is 0 Å². The topological polar surface area (TPSA) is 1030 Å². The monoisotopic (exact) mass is 1920 g/mol. The molecule has 62 heteroatoms. The Morgan fingerprint density at radius 2 is 0.611 bits per heavy atom. The number of hydrogen-bond acceptors (Lipinski definition) is 51. The fraction of sp³-hybridized carbons (Fsp3) is 0.841. The van der Waals surface area contributed by atoms with Gasteiger partial charge in [0.25, 0.3) is 28.9 Å². The van der Waals surface area contributed by atoms with Gasteiger partial charge in [-0.3, -0.25) is 28.8 Å². The molecule has 0 aliphatic carbocycles. The number of ether oxygens (including phenoxy) is 13. The Kier molecular flexibility index (Phi) is 39.6. The fourth-order valence-corrected chi connectivity index (χ4v) is 15.8. The number of carbonyl (C=O) groups is 11. The van der Waals surface area contributed by atoms with Crippen molar-refractivity contribution >= 4 is 65.3 Å². The second-order valence-corrected chi connectivity index (χ2v) is 31.3. The highest BCUT2D eigenvalue weighted by molar-refractivity contribution is 5.82. The molecule has 0 bridgehead atoms. The van der Waals surface area contributed by atoms with Crippen LogP contribution in [0.3, 0.4) is 0 Å². The first-order valence-electron chi connectivity index (χ1n) is 39.6. The number of nitrogens with one attached hydrogen (secondary N) is 6. The van der Waals surface area contributed by atoms with Crippen molar-refractivity contribution < 1.29 is 278 Å². The molecule has 38 N–H and O–H groups in total. The minimum atomic E-state index is -3.93. The first-order valence-corrected chi connectivity index (χ1v) is 39.6. The van der Waals surface area contributed by atoms with Gasteiger partial charge < -0.3 is 257 Å². The van der Waals surface area contributed by atoms with Gasteiger partial charge in [0, 0.05) is 39.0 Å². The highest BCUT2D eigenvalue weighted by Crippen LogP contribution is 2.45. The average molecular weight is 1920 g/mol. The predicted molar refractivity (Wildman–Crippen MR) is 394 cm³/mol. The van der Waals surface area contributed by atoms with Crippen LogP contribution in [0.5, 0.6) is 0 Å². The number of aliphatic hydroxyl groups is 27. The van der Waals surface area contributed by atoms with E-state index in [1.807, 2.05) is 26.6 Å². The van der Waals surface area contributed by atoms with Gasteiger partial charge in [0.15, 0.2) is 12.6 Å². The summed E-state index contributed by atoms with van der Waals surface area (Å²) in [7, 11) is 0. The van der Waals surface area contributed by atoms with Crippen LogP contribution in [0.2, 0.25) is 0 Å². The molecule has 0 aromatic heterocycles. The minimum absolute atomic E-state index is 0.897. The minimum Gasteiger partial charge on any atom is -0.477 e. The molecule has 40 atom stereocenters. The van der Waals surface area contributed by atoms with E-state index in [0.717, 1.165) is 6.92 Å². The second kappa shape index (κ2) is 46.9. The largest absolute Gasteiger partial charge is 0.477 e. The van der Waals surface area contributed by atoms with E-state index >= 15 is 0 Å². The summed E-state index contributed by atoms with van der Waals surface area (Å²) in [5, 5.41) is 363. The van der Waals surface area contributed by atoms with Gasteiger partial charge in [-0.15, -0.1) is 0 Å². The Bertz CT molecular complexity index is 3850. The van der Waals surface area contributed by atoms with Crippen molar-refractivity contribution in [2.75, 3.05) is 79.3 Å². The fourth-order valence-electron chi connectivity index (χ4n) is 15.8. The first-order chi connectivity index (χ1) is 61.4. The molecule has 0 aromatic rings. The maximum Gasteiger partial charge on any atom is 0.364 e. The molecule has 131 heavy (non-hydrogen) atoms. The Morgan fingerprint density at radius 3 is 0.863 bits per heavy atom. The van der Waals surface area contributed by atoms with Gasteiger partial charge >= 0.3 is 29.8 Å². The summed E-state index contributed by atoms with van der Waals surface area (Å²) in [5.74, 6) is -39.5. The molecule has 7 heterocycles. The number of hydrogen-bond donors (Lipinski definition) is 38. The Labute approximate surface area is 733 Å². The molecule has 7 aliphatic rings. The molecule has 0 saturated carbocycles. The third kappa shape index (κ3) is 24.7. The molecule has 7 rings (SSSR count). The van der Waals surface area contributed by atoms with E-state index in [0.29, 0.717) is 0 Å². The smallest absolute Gasteiger partial charge is 0.364 e. The summed E-state index contributed by atoms with van der Waals surface area (Å²) < 4.78 is 73.0. The highest BCUT2D eigenvalue weighted by atomic mass is 16.8. The van der Waals surface area contributed by atoms with Gasteiger partial charge in [-0.1, -0.05) is 0 Å². The van der Waals surface area contributed by atoms with Gasteiger partial charge in [-0.05, 0) is 0 Å². The predicted octanol–water partition coefficient (Wildman–Crippen LogP) is -24.5. The normalized spacial score (nSPS) is 38.7. The van der Waals surface area contributed by atoms with Gasteiger partial charge in [-0.2, -0.15) is 0 Å². The number of carboxylic acid groups (broad SMARTS) is 5. The number of aliphatic hydroxyl groups excluding tert-OH is 27. The van der Waals surface area contributed by atoms with Crippen LogP contribution in [0.1, 0.15) is 39.0 Å². The van der Waals surface area contributed by atoms with Crippen molar-refractivity contribution in [1.29, 1.82) is 0 Å². The van der Waals surface area contributed by atoms with Gasteiger partial charge in [0.2, 0.25) is 35.4 Å². The lowest BCUT2D eigenvalue weighted by Gasteiger charge is -2.51. The van der Waals surface area contributed by atoms with E-state index in [-0.39, 0.29) is 0 Å². The van der Waals surface area contributed by atoms with E-state index in [9.17, 15) is 216 Å². The maximum atomic E-state index is 13.9. The van der Waals surface area contributed by atoms with Gasteiger partial charge in [-0.25, -0.2) is 24.0 Å². The standard InChI is InChI=1S/C69H110N6O56/c1-19(87)70-42-52(122-59-51(107)50(106)44(100)26(8-77)121-59)49(105)31(120-58(42)108)18-119-65(60(109)110)2-20(88)38(72-33(95)14-83)54(127-65)45(101)27(9-78)124-67(62(113)114)4-22(90)40(74-35(97)16-85)56(129-67)47(103)29(11-80)126-69(64(117)118)6-24(92)41(75-36(98)17-86)57(131-69)48(104)30(12-81)125-68(63(115)116)5-23(91)39(73-34(96)15-84)55(130-68)46(102)28(10-79)123-66(61(111)112)3-21(89)37(71-32(94)13-82)53(128-66)43(99)25(93)7-76/h20-31,37-59,76-86,88-93,99-108H,2-18H2,1H3,(H,70,87)(H,71,94)(H,72,95)(H,73,96)(H,74,97)(H,75,98)(H,109,110)(H,111,112)(H,113,114)(H,115,116)(H,117,118)/t20-,21-,22-,23-,24-,25+,26+,27+,28+,29+,30+,31+,37+,38+,39+,40+,41+,42+,43+,44-,45+,46+,47+,48+,49-,50-,51+,52+,53+,54+,55+,56+,57+,58-,59-,65+,66+,67+,68+,69+/m0/s1. The Hall–Kier alpha value is -7.43. The quantitative estimate of drug-likeness (QED) is 0.0269. The van der Waals surface area contributed by atoms with Crippen LogP contribution in [0.4, 0.5) is 0 Å². The summed E-state index contributed by atoms with van der Waals surface area (Å²) >= 11 is 0. The van der Waals surface area contributed by atoms with Crippen LogP contribution in [0.15, 0.2) is 0 Å². The SMILES string of the molecule is CC(=O)N[C@@H]1[C@@H](O[C@@H]2O[C@H](CO)[C@H](O)[C@H](O)[C@H]2O)[C@@H](O)[C@@H](CO[C@]2(C(=O)O)C[C@H](O)[C@@H](NC(=O)CO)[C@H]([C@H](O)[C@@H](CO)O[C@]3(C(=O)O)C[C@H](O)[C@@H](NC(=O)CO)[C@H]([C@H](O)[C@@H](CO)O[C@]4(C(=O)O)C[C@H](O)[C@@H](NC(=O)CO)[C@H]([C@H](O)[C@@H](CO)O[C@]5(C(=O)O)C[C@H](O)[C@@H](NC(=O)CO)[C@H]([C@H](O)[C@@H](CO)O[C@]6(C(=O)O)C[C@H](O)[C@@H](NC(=O)CO)[C@H]([C@H](O)[C@H](O)CO)O6)O5)O4)O3)O2)O[C@@H]1O. The Balaban J connectivity index is 1.23. The molecule has 7 aliphatic heterocycles. The molecule has 7 saturated heterocycles. The van der Waals surface area contributed by atoms with Crippen molar-refractivity contribution in [2.45, 2.75) is 282 Å². The molecule has 0 radical (unpaired) electrons. The molecular formula is C69H110N6O56. The lowest BCUT2D eigenvalue weighted by molar-refractivity contribution is -0.365. The van der Waals surface area contributed by atoms with E-state index < -0.39 is 419 Å². The average Bonchev–Trinajstić information content (AvgIpc) is 0.748. The summed E-state index contributed by atoms with van der Waals surface area (Å²) in [4.78, 5) is 145. The van der Waals surface area contributed by atoms with Crippen molar-refractivity contribution in [3.05, 3.63) is 0 Å². The molecule has 0 unspecified atom stereocenters. The van der Waals surface area contributed by atoms with E-state index in [2.05, 4.69) is 5.32 Å². The molecular weight excluding hydrogens is 1810 g/mol. The zero-order chi connectivity index (χ0) is 98.5. The molecule has 6 amide bonds. The van der Waals surface area contributed by atoms with Crippen molar-refractivity contribution in [2.24, 2.45) is 0 Å². The summed E-state index contributed by atoms with van der Waals surface area (Å²) in [6.45, 7) is -17.7. The number of aliphatic carboxylic acids is 5. The van der Waals surface area contributed by atoms with Crippen molar-refractivity contribution in [1.82, 2.24) is 31.9 Å². The van der Waals surface area contributed by atoms with E-state index in [1.54, 1.807) is 0 Å². The number of amides is 6. The zero-order valence-electron chi connectivity index (χ0n) is 68.3. The van der Waals surface area contributed by atoms with Gasteiger partial charge in [0.1, 0.15) is 173 Å². The lowest BCUT2D eigenvalue weighted by Crippen LogP contribution is -2.72. The molecule has 62 nitrogen and oxygen atoms in total. The van der Waals surface area contributed by atoms with E-state index in [1.165, 1.54) is 0 Å². The first kappa shape index (κ1) is 111. The maximum absolute atomic E-state index is 13.9. The summed E-state index contributed by atoms with van der Waals surface area (Å²) in [6.07, 6.45) is -82.2. The van der Waals surface area contributed by atoms with Crippen LogP contribution < -0.4 is 31.9 Å². The number of carbonyl (C=O) groups excluding carboxylic acids is 6. The second-order valence-electron chi connectivity index (χ2n) is 31.3. The zero-order valence-corrected chi connectivity index (χ0v) is 68.3. The molecule has 7 fully saturated rings. The Morgan fingerprint density at radius 1 is 0.336 bits per heavy atom. The summed E-state index contributed by atoms with van der Waals surface area (Å²) in [6, 6.07) is -13.5. The van der Waals surface area contributed by atoms with Crippen molar-refractivity contribution in [3.8, 4) is 0 Å². The van der Waals surface area contributed by atoms with Gasteiger partial charge in [0.05, 0.1) is 107 Å². The third-order valence-corrected chi connectivity index (χ3v) is 22.4. The number of rotatable bonds is 45. The van der Waals surface area contributed by atoms with Crippen LogP contribution in [-0.2, 0) is 114 Å². The van der Waals surface area contributed by atoms with Crippen LogP contribution in [-0.4, -0.2) is 551 Å². The highest BCUT2D eigenvalue weighted by Gasteiger charge is 2.67. The molecule has 0 spiro atoms. The third-order valence-electron chi connectivity index (χ3n) is 22.4. The van der Waals surface area contributed by atoms with Crippen molar-refractivity contribution in [3.63, 3.8) is 0 Å². The number of carboxylic acids is 5. The van der Waals surface area contributed by atoms with Crippen LogP contribution in [0, 0.1) is 0 Å².